The lowest BCUT2D eigenvalue weighted by Gasteiger charge is -2.19. The average molecular weight is 244 g/mol. The molecule has 0 radical (unpaired) electrons. The fourth-order valence-electron chi connectivity index (χ4n) is 2.43. The molecule has 1 atom stereocenters. The molecule has 2 aromatic rings. The summed E-state index contributed by atoms with van der Waals surface area (Å²) < 4.78 is 7.07. The van der Waals surface area contributed by atoms with Crippen LogP contribution in [0.25, 0.3) is 5.69 Å². The van der Waals surface area contributed by atoms with E-state index in [1.807, 2.05) is 28.9 Å². The summed E-state index contributed by atoms with van der Waals surface area (Å²) in [4.78, 5) is 0. The van der Waals surface area contributed by atoms with E-state index in [0.29, 0.717) is 0 Å². The van der Waals surface area contributed by atoms with Gasteiger partial charge in [-0.1, -0.05) is 11.3 Å². The summed E-state index contributed by atoms with van der Waals surface area (Å²) in [7, 11) is 1.65. The third-order valence-electron chi connectivity index (χ3n) is 3.36. The number of benzene rings is 1. The van der Waals surface area contributed by atoms with E-state index in [0.717, 1.165) is 42.1 Å². The molecule has 1 unspecified atom stereocenters. The molecule has 0 bridgehead atoms. The molecule has 1 aliphatic rings. The minimum Gasteiger partial charge on any atom is -0.497 e. The van der Waals surface area contributed by atoms with Gasteiger partial charge in [-0.2, -0.15) is 0 Å². The van der Waals surface area contributed by atoms with E-state index in [1.165, 1.54) is 0 Å². The minimum atomic E-state index is 0.0231. The third-order valence-corrected chi connectivity index (χ3v) is 3.36. The lowest BCUT2D eigenvalue weighted by atomic mass is 9.96. The number of nitrogens with two attached hydrogens (primary N) is 1. The van der Waals surface area contributed by atoms with E-state index in [-0.39, 0.29) is 6.04 Å². The van der Waals surface area contributed by atoms with E-state index in [9.17, 15) is 0 Å². The Hall–Kier alpha value is -1.88. The van der Waals surface area contributed by atoms with Crippen LogP contribution >= 0.6 is 0 Å². The molecule has 0 aliphatic heterocycles. The summed E-state index contributed by atoms with van der Waals surface area (Å²) in [6, 6.07) is 7.80. The highest BCUT2D eigenvalue weighted by atomic mass is 16.5. The van der Waals surface area contributed by atoms with Crippen molar-refractivity contribution in [2.45, 2.75) is 25.3 Å². The molecule has 0 amide bonds. The Labute approximate surface area is 106 Å². The SMILES string of the molecule is COc1cccc(-n2nnc3c2C(N)CCC3)c1. The van der Waals surface area contributed by atoms with Crippen molar-refractivity contribution in [1.82, 2.24) is 15.0 Å². The van der Waals surface area contributed by atoms with Gasteiger partial charge in [0.15, 0.2) is 0 Å². The van der Waals surface area contributed by atoms with Gasteiger partial charge >= 0.3 is 0 Å². The van der Waals surface area contributed by atoms with Crippen LogP contribution in [0.3, 0.4) is 0 Å². The zero-order chi connectivity index (χ0) is 12.5. The zero-order valence-electron chi connectivity index (χ0n) is 10.3. The van der Waals surface area contributed by atoms with Crippen LogP contribution in [-0.2, 0) is 6.42 Å². The van der Waals surface area contributed by atoms with Crippen molar-refractivity contribution < 1.29 is 4.74 Å². The molecule has 2 N–H and O–H groups in total. The van der Waals surface area contributed by atoms with Gasteiger partial charge in [0.2, 0.25) is 0 Å². The van der Waals surface area contributed by atoms with Crippen LogP contribution < -0.4 is 10.5 Å². The molecule has 1 aliphatic carbocycles. The molecular weight excluding hydrogens is 228 g/mol. The maximum atomic E-state index is 6.17. The Balaban J connectivity index is 2.09. The van der Waals surface area contributed by atoms with Crippen LogP contribution in [0, 0.1) is 0 Å². The Bertz CT molecular complexity index is 564. The van der Waals surface area contributed by atoms with Gasteiger partial charge in [-0.3, -0.25) is 0 Å². The van der Waals surface area contributed by atoms with Crippen molar-refractivity contribution >= 4 is 0 Å². The maximum Gasteiger partial charge on any atom is 0.121 e. The summed E-state index contributed by atoms with van der Waals surface area (Å²) in [5, 5.41) is 8.46. The van der Waals surface area contributed by atoms with Crippen molar-refractivity contribution in [1.29, 1.82) is 0 Å². The molecular formula is C13H16N4O. The van der Waals surface area contributed by atoms with Gasteiger partial charge < -0.3 is 10.5 Å². The molecule has 3 rings (SSSR count). The number of hydrogen-bond acceptors (Lipinski definition) is 4. The smallest absolute Gasteiger partial charge is 0.121 e. The predicted molar refractivity (Wildman–Crippen MR) is 67.8 cm³/mol. The zero-order valence-corrected chi connectivity index (χ0v) is 10.3. The van der Waals surface area contributed by atoms with Crippen LogP contribution in [-0.4, -0.2) is 22.1 Å². The number of nitrogens with zero attached hydrogens (tertiary/aromatic N) is 3. The van der Waals surface area contributed by atoms with Crippen molar-refractivity contribution in [2.24, 2.45) is 5.73 Å². The van der Waals surface area contributed by atoms with Crippen LogP contribution in [0.1, 0.15) is 30.3 Å². The fourth-order valence-corrected chi connectivity index (χ4v) is 2.43. The quantitative estimate of drug-likeness (QED) is 0.871. The van der Waals surface area contributed by atoms with Crippen molar-refractivity contribution in [3.8, 4) is 11.4 Å². The molecule has 94 valence electrons. The van der Waals surface area contributed by atoms with E-state index < -0.39 is 0 Å². The standard InChI is InChI=1S/C13H16N4O/c1-18-10-5-2-4-9(8-10)17-13-11(14)6-3-7-12(13)15-16-17/h2,4-5,8,11H,3,6-7,14H2,1H3. The van der Waals surface area contributed by atoms with E-state index in [2.05, 4.69) is 10.3 Å². The molecule has 0 saturated carbocycles. The van der Waals surface area contributed by atoms with Gasteiger partial charge in [0.05, 0.1) is 24.2 Å². The maximum absolute atomic E-state index is 6.17. The van der Waals surface area contributed by atoms with Crippen LogP contribution in [0.4, 0.5) is 0 Å². The summed E-state index contributed by atoms with van der Waals surface area (Å²) in [6.45, 7) is 0. The van der Waals surface area contributed by atoms with Crippen molar-refractivity contribution in [2.75, 3.05) is 7.11 Å². The highest BCUT2D eigenvalue weighted by Gasteiger charge is 2.24. The largest absolute Gasteiger partial charge is 0.497 e. The van der Waals surface area contributed by atoms with Crippen LogP contribution in [0.15, 0.2) is 24.3 Å². The topological polar surface area (TPSA) is 66.0 Å². The third kappa shape index (κ3) is 1.76. The molecule has 1 heterocycles. The van der Waals surface area contributed by atoms with Crippen molar-refractivity contribution in [3.63, 3.8) is 0 Å². The van der Waals surface area contributed by atoms with Crippen LogP contribution in [0.5, 0.6) is 5.75 Å². The summed E-state index contributed by atoms with van der Waals surface area (Å²) in [5.74, 6) is 0.807. The minimum absolute atomic E-state index is 0.0231. The Kier molecular flexibility index (Phi) is 2.76. The molecule has 0 fully saturated rings. The Morgan fingerprint density at radius 2 is 2.33 bits per heavy atom. The number of fused-ring (bicyclic) bond motifs is 1. The van der Waals surface area contributed by atoms with Gasteiger partial charge in [0.1, 0.15) is 5.75 Å². The first kappa shape index (κ1) is 11.2. The van der Waals surface area contributed by atoms with E-state index in [1.54, 1.807) is 7.11 Å². The Morgan fingerprint density at radius 1 is 1.44 bits per heavy atom. The van der Waals surface area contributed by atoms with Gasteiger partial charge in [-0.25, -0.2) is 4.68 Å². The lowest BCUT2D eigenvalue weighted by Crippen LogP contribution is -2.20. The monoisotopic (exact) mass is 244 g/mol. The number of methoxy groups -OCH3 is 1. The van der Waals surface area contributed by atoms with E-state index >= 15 is 0 Å². The van der Waals surface area contributed by atoms with Crippen LogP contribution in [0.2, 0.25) is 0 Å². The van der Waals surface area contributed by atoms with Gasteiger partial charge in [0, 0.05) is 12.1 Å². The first-order valence-electron chi connectivity index (χ1n) is 6.14. The first-order valence-corrected chi connectivity index (χ1v) is 6.14. The molecule has 18 heavy (non-hydrogen) atoms. The lowest BCUT2D eigenvalue weighted by molar-refractivity contribution is 0.414. The molecule has 0 spiro atoms. The molecule has 5 nitrogen and oxygen atoms in total. The van der Waals surface area contributed by atoms with Gasteiger partial charge in [0.25, 0.3) is 0 Å². The normalized spacial score (nSPS) is 18.4. The number of rotatable bonds is 2. The summed E-state index contributed by atoms with van der Waals surface area (Å²) >= 11 is 0. The van der Waals surface area contributed by atoms with Crippen molar-refractivity contribution in [3.05, 3.63) is 35.7 Å². The number of aryl methyl sites for hydroxylation is 1. The molecule has 0 saturated heterocycles. The number of aromatic nitrogens is 3. The highest BCUT2D eigenvalue weighted by Crippen LogP contribution is 2.28. The highest BCUT2D eigenvalue weighted by molar-refractivity contribution is 5.40. The second-order valence-corrected chi connectivity index (χ2v) is 4.53. The van der Waals surface area contributed by atoms with Gasteiger partial charge in [-0.05, 0) is 31.4 Å². The predicted octanol–water partition coefficient (Wildman–Crippen LogP) is 1.61. The summed E-state index contributed by atoms with van der Waals surface area (Å²) in [5.41, 5.74) is 9.17. The fraction of sp³-hybridized carbons (Fsp3) is 0.385. The average Bonchev–Trinajstić information content (AvgIpc) is 2.84. The second-order valence-electron chi connectivity index (χ2n) is 4.53. The first-order chi connectivity index (χ1) is 8.79. The number of ether oxygens (including phenoxy) is 1. The molecule has 1 aromatic carbocycles. The van der Waals surface area contributed by atoms with Gasteiger partial charge in [-0.15, -0.1) is 5.10 Å². The van der Waals surface area contributed by atoms with E-state index in [4.69, 9.17) is 10.5 Å². The Morgan fingerprint density at radius 3 is 3.17 bits per heavy atom. The summed E-state index contributed by atoms with van der Waals surface area (Å²) in [6.07, 6.45) is 3.04. The molecule has 5 heteroatoms. The number of hydrogen-bond donors (Lipinski definition) is 1. The second kappa shape index (κ2) is 4.42. The molecule has 1 aromatic heterocycles.